The molecule has 0 radical (unpaired) electrons. The van der Waals surface area contributed by atoms with E-state index in [9.17, 15) is 0 Å². The molecule has 0 unspecified atom stereocenters. The molecular formula is C13H15ClN2O. The van der Waals surface area contributed by atoms with Gasteiger partial charge in [0.05, 0.1) is 12.8 Å². The minimum atomic E-state index is 0. The largest absolute Gasteiger partial charge is 0.497 e. The highest BCUT2D eigenvalue weighted by Gasteiger charge is 2.02. The van der Waals surface area contributed by atoms with Gasteiger partial charge in [0.15, 0.2) is 0 Å². The smallest absolute Gasteiger partial charge is 0.118 e. The molecule has 0 atom stereocenters. The maximum atomic E-state index is 5.47. The van der Waals surface area contributed by atoms with Crippen LogP contribution in [0.5, 0.6) is 5.75 Å². The van der Waals surface area contributed by atoms with Gasteiger partial charge in [0, 0.05) is 5.56 Å². The van der Waals surface area contributed by atoms with Crippen LogP contribution < -0.4 is 16.0 Å². The molecule has 0 amide bonds. The molecule has 0 fully saturated rings. The summed E-state index contributed by atoms with van der Waals surface area (Å²) in [5.74, 6) is 6.32. The highest BCUT2D eigenvalue weighted by atomic mass is 35.5. The van der Waals surface area contributed by atoms with Crippen molar-refractivity contribution in [3.63, 3.8) is 0 Å². The van der Waals surface area contributed by atoms with E-state index in [1.165, 1.54) is 0 Å². The van der Waals surface area contributed by atoms with Crippen LogP contribution in [0.15, 0.2) is 48.5 Å². The van der Waals surface area contributed by atoms with Crippen LogP contribution in [0.2, 0.25) is 0 Å². The summed E-state index contributed by atoms with van der Waals surface area (Å²) in [6, 6.07) is 15.8. The van der Waals surface area contributed by atoms with Crippen molar-refractivity contribution in [2.75, 3.05) is 12.5 Å². The van der Waals surface area contributed by atoms with E-state index in [0.29, 0.717) is 0 Å². The number of anilines is 1. The Morgan fingerprint density at radius 3 is 2.24 bits per heavy atom. The lowest BCUT2D eigenvalue weighted by Crippen LogP contribution is -2.07. The van der Waals surface area contributed by atoms with Crippen molar-refractivity contribution in [3.8, 4) is 16.9 Å². The first-order valence-electron chi connectivity index (χ1n) is 5.05. The molecule has 2 aromatic rings. The lowest BCUT2D eigenvalue weighted by Gasteiger charge is -2.09. The van der Waals surface area contributed by atoms with Gasteiger partial charge in [-0.2, -0.15) is 0 Å². The van der Waals surface area contributed by atoms with E-state index in [4.69, 9.17) is 10.6 Å². The first-order valence-corrected chi connectivity index (χ1v) is 5.05. The van der Waals surface area contributed by atoms with E-state index in [2.05, 4.69) is 5.43 Å². The predicted octanol–water partition coefficient (Wildman–Crippen LogP) is 3.07. The highest BCUT2D eigenvalue weighted by Crippen LogP contribution is 2.28. The number of benzene rings is 2. The fourth-order valence-electron chi connectivity index (χ4n) is 1.63. The molecule has 0 aliphatic carbocycles. The third kappa shape index (κ3) is 2.90. The van der Waals surface area contributed by atoms with Gasteiger partial charge in [-0.05, 0) is 23.8 Å². The number of nitrogens with two attached hydrogens (primary N) is 1. The van der Waals surface area contributed by atoms with Gasteiger partial charge in [-0.3, -0.25) is 5.84 Å². The molecule has 17 heavy (non-hydrogen) atoms. The van der Waals surface area contributed by atoms with Gasteiger partial charge in [-0.15, -0.1) is 12.4 Å². The zero-order valence-corrected chi connectivity index (χ0v) is 10.3. The molecule has 0 saturated carbocycles. The Bertz CT molecular complexity index is 471. The monoisotopic (exact) mass is 250 g/mol. The lowest BCUT2D eigenvalue weighted by atomic mass is 10.0. The summed E-state index contributed by atoms with van der Waals surface area (Å²) < 4.78 is 5.12. The lowest BCUT2D eigenvalue weighted by molar-refractivity contribution is 0.415. The minimum Gasteiger partial charge on any atom is -0.497 e. The molecule has 0 aliphatic heterocycles. The van der Waals surface area contributed by atoms with Gasteiger partial charge in [0.2, 0.25) is 0 Å². The standard InChI is InChI=1S/C13H14N2O.ClH/c1-16-11-8-6-10(7-9-11)12-4-2-3-5-13(12)15-14;/h2-9,15H,14H2,1H3;1H. The molecule has 3 nitrogen and oxygen atoms in total. The van der Waals surface area contributed by atoms with E-state index >= 15 is 0 Å². The number of rotatable bonds is 3. The number of halogens is 1. The van der Waals surface area contributed by atoms with Crippen LogP contribution in [-0.2, 0) is 0 Å². The van der Waals surface area contributed by atoms with Crippen molar-refractivity contribution in [2.45, 2.75) is 0 Å². The van der Waals surface area contributed by atoms with Crippen LogP contribution in [0.25, 0.3) is 11.1 Å². The molecule has 2 aromatic carbocycles. The molecule has 0 aliphatic rings. The van der Waals surface area contributed by atoms with Crippen molar-refractivity contribution in [2.24, 2.45) is 5.84 Å². The van der Waals surface area contributed by atoms with Crippen molar-refractivity contribution < 1.29 is 4.74 Å². The summed E-state index contributed by atoms with van der Waals surface area (Å²) in [4.78, 5) is 0. The van der Waals surface area contributed by atoms with Gasteiger partial charge >= 0.3 is 0 Å². The van der Waals surface area contributed by atoms with E-state index < -0.39 is 0 Å². The quantitative estimate of drug-likeness (QED) is 0.650. The summed E-state index contributed by atoms with van der Waals surface area (Å²) in [7, 11) is 1.66. The molecule has 90 valence electrons. The number of hydrogen-bond acceptors (Lipinski definition) is 3. The second-order valence-electron chi connectivity index (χ2n) is 3.42. The summed E-state index contributed by atoms with van der Waals surface area (Å²) >= 11 is 0. The number of ether oxygens (including phenoxy) is 1. The molecule has 0 saturated heterocycles. The normalized spacial score (nSPS) is 9.29. The van der Waals surface area contributed by atoms with Crippen molar-refractivity contribution >= 4 is 18.1 Å². The Kier molecular flexibility index (Phi) is 4.82. The molecule has 0 bridgehead atoms. The van der Waals surface area contributed by atoms with Crippen molar-refractivity contribution in [3.05, 3.63) is 48.5 Å². The van der Waals surface area contributed by atoms with Gasteiger partial charge in [0.25, 0.3) is 0 Å². The van der Waals surface area contributed by atoms with Crippen molar-refractivity contribution in [1.29, 1.82) is 0 Å². The third-order valence-electron chi connectivity index (χ3n) is 2.48. The van der Waals surface area contributed by atoms with E-state index in [-0.39, 0.29) is 12.4 Å². The highest BCUT2D eigenvalue weighted by molar-refractivity contribution is 5.85. The van der Waals surface area contributed by atoms with Crippen LogP contribution in [0.4, 0.5) is 5.69 Å². The Morgan fingerprint density at radius 2 is 1.65 bits per heavy atom. The van der Waals surface area contributed by atoms with Crippen LogP contribution in [0.1, 0.15) is 0 Å². The van der Waals surface area contributed by atoms with Crippen LogP contribution in [0, 0.1) is 0 Å². The number of para-hydroxylation sites is 1. The Balaban J connectivity index is 0.00000144. The first kappa shape index (κ1) is 13.4. The van der Waals surface area contributed by atoms with E-state index in [1.54, 1.807) is 7.11 Å². The van der Waals surface area contributed by atoms with Crippen LogP contribution in [0.3, 0.4) is 0 Å². The number of methoxy groups -OCH3 is 1. The van der Waals surface area contributed by atoms with Crippen molar-refractivity contribution in [1.82, 2.24) is 0 Å². The Hall–Kier alpha value is -1.71. The molecule has 0 spiro atoms. The summed E-state index contributed by atoms with van der Waals surface area (Å²) in [6.45, 7) is 0. The average Bonchev–Trinajstić information content (AvgIpc) is 2.39. The molecule has 0 aromatic heterocycles. The Labute approximate surface area is 107 Å². The molecule has 3 N–H and O–H groups in total. The van der Waals surface area contributed by atoms with Gasteiger partial charge < -0.3 is 10.2 Å². The zero-order valence-electron chi connectivity index (χ0n) is 9.51. The number of nitrogens with one attached hydrogen (secondary N) is 1. The van der Waals surface area contributed by atoms with Gasteiger partial charge in [0.1, 0.15) is 5.75 Å². The SMILES string of the molecule is COc1ccc(-c2ccccc2NN)cc1.Cl. The minimum absolute atomic E-state index is 0. The second-order valence-corrected chi connectivity index (χ2v) is 3.42. The fourth-order valence-corrected chi connectivity index (χ4v) is 1.63. The molecule has 2 rings (SSSR count). The molecule has 0 heterocycles. The van der Waals surface area contributed by atoms with Gasteiger partial charge in [-0.1, -0.05) is 30.3 Å². The number of hydrogen-bond donors (Lipinski definition) is 2. The topological polar surface area (TPSA) is 47.3 Å². The zero-order chi connectivity index (χ0) is 11.4. The van der Waals surface area contributed by atoms with Gasteiger partial charge in [-0.25, -0.2) is 0 Å². The predicted molar refractivity (Wildman–Crippen MR) is 73.5 cm³/mol. The maximum Gasteiger partial charge on any atom is 0.118 e. The van der Waals surface area contributed by atoms with Crippen LogP contribution >= 0.6 is 12.4 Å². The third-order valence-corrected chi connectivity index (χ3v) is 2.48. The fraction of sp³-hybridized carbons (Fsp3) is 0.0769. The molecule has 4 heteroatoms. The van der Waals surface area contributed by atoms with E-state index in [0.717, 1.165) is 22.6 Å². The summed E-state index contributed by atoms with van der Waals surface area (Å²) in [6.07, 6.45) is 0. The Morgan fingerprint density at radius 1 is 1.00 bits per heavy atom. The summed E-state index contributed by atoms with van der Waals surface area (Å²) in [5, 5.41) is 0. The number of hydrazine groups is 1. The average molecular weight is 251 g/mol. The van der Waals surface area contributed by atoms with Crippen LogP contribution in [-0.4, -0.2) is 7.11 Å². The molecular weight excluding hydrogens is 236 g/mol. The summed E-state index contributed by atoms with van der Waals surface area (Å²) in [5.41, 5.74) is 5.78. The first-order chi connectivity index (χ1) is 7.85. The maximum absolute atomic E-state index is 5.47. The van der Waals surface area contributed by atoms with E-state index in [1.807, 2.05) is 48.5 Å². The second kappa shape index (κ2) is 6.13. The number of nitrogen functional groups attached to an aromatic ring is 1.